The molecule has 1 aliphatic rings. The van der Waals surface area contributed by atoms with Crippen LogP contribution in [-0.2, 0) is 4.79 Å². The molecule has 29 heavy (non-hydrogen) atoms. The third-order valence-electron chi connectivity index (χ3n) is 5.16. The molecular weight excluding hydrogens is 388 g/mol. The second kappa shape index (κ2) is 9.09. The molecule has 0 bridgehead atoms. The SMILES string of the molecule is CC[C@H](C)C1N=C(c2ccccc2)c2cc(Cl)ccc2N(CCNC(N)=O)C1=O. The molecule has 2 aromatic rings. The van der Waals surface area contributed by atoms with E-state index >= 15 is 0 Å². The molecule has 0 fully saturated rings. The van der Waals surface area contributed by atoms with E-state index < -0.39 is 12.1 Å². The average molecular weight is 413 g/mol. The van der Waals surface area contributed by atoms with Gasteiger partial charge in [0.05, 0.1) is 11.4 Å². The summed E-state index contributed by atoms with van der Waals surface area (Å²) in [6.07, 6.45) is 0.812. The number of nitrogens with one attached hydrogen (secondary N) is 1. The first kappa shape index (κ1) is 20.9. The number of primary amides is 1. The van der Waals surface area contributed by atoms with E-state index in [1.54, 1.807) is 11.0 Å². The molecule has 0 saturated carbocycles. The summed E-state index contributed by atoms with van der Waals surface area (Å²) in [7, 11) is 0. The van der Waals surface area contributed by atoms with Crippen LogP contribution in [0.3, 0.4) is 0 Å². The van der Waals surface area contributed by atoms with Gasteiger partial charge in [0, 0.05) is 29.2 Å². The molecule has 6 nitrogen and oxygen atoms in total. The Bertz CT molecular complexity index is 930. The molecule has 0 spiro atoms. The second-order valence-corrected chi connectivity index (χ2v) is 7.55. The maximum Gasteiger partial charge on any atom is 0.312 e. The number of anilines is 1. The number of hydrogen-bond donors (Lipinski definition) is 2. The monoisotopic (exact) mass is 412 g/mol. The maximum atomic E-state index is 13.5. The fourth-order valence-electron chi connectivity index (χ4n) is 3.42. The van der Waals surface area contributed by atoms with Gasteiger partial charge in [-0.05, 0) is 24.1 Å². The standard InChI is InChI=1S/C22H25ClN4O2/c1-3-14(2)19-21(28)27(12-11-25-22(24)29)18-10-9-16(23)13-17(18)20(26-19)15-7-5-4-6-8-15/h4-10,13-14,19H,3,11-12H2,1-2H3,(H3,24,25,29)/t14-,19?/m0/s1. The summed E-state index contributed by atoms with van der Waals surface area (Å²) < 4.78 is 0. The Kier molecular flexibility index (Phi) is 6.54. The smallest absolute Gasteiger partial charge is 0.312 e. The van der Waals surface area contributed by atoms with E-state index in [9.17, 15) is 9.59 Å². The van der Waals surface area contributed by atoms with Gasteiger partial charge in [-0.15, -0.1) is 0 Å². The van der Waals surface area contributed by atoms with Crippen molar-refractivity contribution in [3.63, 3.8) is 0 Å². The van der Waals surface area contributed by atoms with Crippen molar-refractivity contribution in [2.24, 2.45) is 16.6 Å². The van der Waals surface area contributed by atoms with Gasteiger partial charge in [0.2, 0.25) is 0 Å². The molecule has 152 valence electrons. The normalized spacial score (nSPS) is 17.2. The van der Waals surface area contributed by atoms with Gasteiger partial charge in [-0.25, -0.2) is 4.79 Å². The predicted molar refractivity (Wildman–Crippen MR) is 117 cm³/mol. The third kappa shape index (κ3) is 4.59. The number of benzodiazepines with no additional fused rings is 1. The molecule has 7 heteroatoms. The lowest BCUT2D eigenvalue weighted by molar-refractivity contribution is -0.120. The topological polar surface area (TPSA) is 87.8 Å². The van der Waals surface area contributed by atoms with Gasteiger partial charge in [-0.2, -0.15) is 0 Å². The minimum atomic E-state index is -0.622. The second-order valence-electron chi connectivity index (χ2n) is 7.12. The summed E-state index contributed by atoms with van der Waals surface area (Å²) in [4.78, 5) is 31.2. The van der Waals surface area contributed by atoms with Crippen LogP contribution >= 0.6 is 11.6 Å². The quantitative estimate of drug-likeness (QED) is 0.759. The molecule has 3 amide bonds. The largest absolute Gasteiger partial charge is 0.352 e. The lowest BCUT2D eigenvalue weighted by atomic mass is 9.98. The highest BCUT2D eigenvalue weighted by atomic mass is 35.5. The van der Waals surface area contributed by atoms with Crippen molar-refractivity contribution in [1.29, 1.82) is 0 Å². The molecule has 0 radical (unpaired) electrons. The molecule has 1 heterocycles. The van der Waals surface area contributed by atoms with Gasteiger partial charge in [0.1, 0.15) is 6.04 Å². The number of urea groups is 1. The first-order chi connectivity index (χ1) is 13.9. The first-order valence-electron chi connectivity index (χ1n) is 9.70. The zero-order chi connectivity index (χ0) is 21.0. The molecule has 0 aliphatic carbocycles. The lowest BCUT2D eigenvalue weighted by Gasteiger charge is -2.27. The van der Waals surface area contributed by atoms with Gasteiger partial charge >= 0.3 is 6.03 Å². The van der Waals surface area contributed by atoms with E-state index in [0.29, 0.717) is 11.6 Å². The number of carbonyl (C=O) groups is 2. The van der Waals surface area contributed by atoms with Crippen molar-refractivity contribution in [2.45, 2.75) is 26.3 Å². The van der Waals surface area contributed by atoms with E-state index in [1.165, 1.54) is 0 Å². The number of benzene rings is 2. The predicted octanol–water partition coefficient (Wildman–Crippen LogP) is 3.61. The van der Waals surface area contributed by atoms with Crippen LogP contribution in [0.4, 0.5) is 10.5 Å². The van der Waals surface area contributed by atoms with E-state index in [4.69, 9.17) is 22.3 Å². The zero-order valence-electron chi connectivity index (χ0n) is 16.6. The molecule has 3 N–H and O–H groups in total. The summed E-state index contributed by atoms with van der Waals surface area (Å²) in [5.41, 5.74) is 8.37. The molecule has 2 atom stereocenters. The minimum absolute atomic E-state index is 0.0533. The van der Waals surface area contributed by atoms with Crippen molar-refractivity contribution in [3.8, 4) is 0 Å². The highest BCUT2D eigenvalue weighted by molar-refractivity contribution is 6.32. The van der Waals surface area contributed by atoms with E-state index in [0.717, 1.165) is 28.9 Å². The Hall–Kier alpha value is -2.86. The number of fused-ring (bicyclic) bond motifs is 1. The highest BCUT2D eigenvalue weighted by Crippen LogP contribution is 2.32. The number of amides is 3. The Balaban J connectivity index is 2.15. The van der Waals surface area contributed by atoms with E-state index in [-0.39, 0.29) is 18.4 Å². The molecule has 0 saturated heterocycles. The number of hydrogen-bond acceptors (Lipinski definition) is 3. The third-order valence-corrected chi connectivity index (χ3v) is 5.39. The number of carbonyl (C=O) groups excluding carboxylic acids is 2. The summed E-state index contributed by atoms with van der Waals surface area (Å²) in [5, 5.41) is 3.13. The van der Waals surface area contributed by atoms with Crippen LogP contribution in [0, 0.1) is 5.92 Å². The molecule has 1 aliphatic heterocycles. The summed E-state index contributed by atoms with van der Waals surface area (Å²) in [6, 6.07) is 14.1. The van der Waals surface area contributed by atoms with Gasteiger partial charge in [0.25, 0.3) is 5.91 Å². The Labute approximate surface area is 175 Å². The highest BCUT2D eigenvalue weighted by Gasteiger charge is 2.34. The van der Waals surface area contributed by atoms with Crippen molar-refractivity contribution >= 4 is 34.9 Å². The van der Waals surface area contributed by atoms with Crippen molar-refractivity contribution in [2.75, 3.05) is 18.0 Å². The first-order valence-corrected chi connectivity index (χ1v) is 10.1. The van der Waals surface area contributed by atoms with Crippen molar-refractivity contribution < 1.29 is 9.59 Å². The van der Waals surface area contributed by atoms with Crippen LogP contribution in [0.5, 0.6) is 0 Å². The molecular formula is C22H25ClN4O2. The zero-order valence-corrected chi connectivity index (χ0v) is 17.3. The van der Waals surface area contributed by atoms with Crippen LogP contribution in [0.15, 0.2) is 53.5 Å². The number of nitrogens with two attached hydrogens (primary N) is 1. The van der Waals surface area contributed by atoms with Gasteiger partial charge < -0.3 is 16.0 Å². The number of nitrogens with zero attached hydrogens (tertiary/aromatic N) is 2. The van der Waals surface area contributed by atoms with Crippen LogP contribution < -0.4 is 16.0 Å². The molecule has 0 aromatic heterocycles. The Morgan fingerprint density at radius 3 is 2.66 bits per heavy atom. The summed E-state index contributed by atoms with van der Waals surface area (Å²) in [6.45, 7) is 4.61. The van der Waals surface area contributed by atoms with Gasteiger partial charge in [0.15, 0.2) is 0 Å². The molecule has 3 rings (SSSR count). The Morgan fingerprint density at radius 1 is 1.28 bits per heavy atom. The maximum absolute atomic E-state index is 13.5. The number of rotatable bonds is 6. The number of halogens is 1. The van der Waals surface area contributed by atoms with Crippen molar-refractivity contribution in [3.05, 3.63) is 64.7 Å². The Morgan fingerprint density at radius 2 is 2.00 bits per heavy atom. The van der Waals surface area contributed by atoms with Crippen LogP contribution in [-0.4, -0.2) is 36.8 Å². The number of aliphatic imine (C=N–C) groups is 1. The van der Waals surface area contributed by atoms with Crippen LogP contribution in [0.1, 0.15) is 31.4 Å². The lowest BCUT2D eigenvalue weighted by Crippen LogP contribution is -2.45. The van der Waals surface area contributed by atoms with Gasteiger partial charge in [-0.1, -0.05) is 62.2 Å². The molecule has 1 unspecified atom stereocenters. The fourth-order valence-corrected chi connectivity index (χ4v) is 3.59. The van der Waals surface area contributed by atoms with Crippen LogP contribution in [0.2, 0.25) is 5.02 Å². The van der Waals surface area contributed by atoms with Gasteiger partial charge in [-0.3, -0.25) is 9.79 Å². The van der Waals surface area contributed by atoms with E-state index in [2.05, 4.69) is 5.32 Å². The van der Waals surface area contributed by atoms with Crippen molar-refractivity contribution in [1.82, 2.24) is 5.32 Å². The van der Waals surface area contributed by atoms with Crippen LogP contribution in [0.25, 0.3) is 0 Å². The average Bonchev–Trinajstić information content (AvgIpc) is 2.83. The fraction of sp³-hybridized carbons (Fsp3) is 0.318. The van der Waals surface area contributed by atoms with E-state index in [1.807, 2.05) is 56.3 Å². The summed E-state index contributed by atoms with van der Waals surface area (Å²) >= 11 is 6.31. The molecule has 2 aromatic carbocycles. The minimum Gasteiger partial charge on any atom is -0.352 e. The summed E-state index contributed by atoms with van der Waals surface area (Å²) in [5.74, 6) is -0.0438.